The van der Waals surface area contributed by atoms with Crippen LogP contribution in [-0.4, -0.2) is 4.98 Å². The largest absolute Gasteiger partial charge is 0.256 e. The lowest BCUT2D eigenvalue weighted by molar-refractivity contribution is 0.662. The molecule has 1 heteroatoms. The predicted octanol–water partition coefficient (Wildman–Crippen LogP) is 10.2. The van der Waals surface area contributed by atoms with E-state index in [4.69, 9.17) is 4.98 Å². The van der Waals surface area contributed by atoms with E-state index in [0.717, 1.165) is 5.52 Å². The van der Waals surface area contributed by atoms with Crippen molar-refractivity contribution in [2.24, 2.45) is 0 Å². The number of hydrogen-bond acceptors (Lipinski definition) is 1. The molecule has 0 saturated carbocycles. The van der Waals surface area contributed by atoms with Crippen molar-refractivity contribution in [3.8, 4) is 33.4 Å². The average molecular weight is 498 g/mol. The highest BCUT2D eigenvalue weighted by Gasteiger charge is 2.37. The molecule has 6 aromatic carbocycles. The molecule has 1 aromatic heterocycles. The summed E-state index contributed by atoms with van der Waals surface area (Å²) in [5.41, 5.74) is 11.4. The highest BCUT2D eigenvalue weighted by molar-refractivity contribution is 6.23. The van der Waals surface area contributed by atoms with Crippen molar-refractivity contribution in [1.29, 1.82) is 0 Å². The van der Waals surface area contributed by atoms with Gasteiger partial charge in [-0.15, -0.1) is 0 Å². The number of rotatable bonds is 2. The Kier molecular flexibility index (Phi) is 4.63. The number of pyridine rings is 1. The molecule has 7 aromatic rings. The molecule has 39 heavy (non-hydrogen) atoms. The topological polar surface area (TPSA) is 12.9 Å². The standard InChI is InChI=1S/C38H27N/c1-38(2)33-22-8-7-15-26(33)30-19-10-20-31(36(30)38)34-28-16-5-6-17-29(28)35(37-32(34)21-11-23-39-37)27-18-9-13-24-12-3-4-14-25(24)27/h3-23H,1-2H3. The molecule has 0 atom stereocenters. The molecule has 184 valence electrons. The van der Waals surface area contributed by atoms with Crippen molar-refractivity contribution in [2.75, 3.05) is 0 Å². The smallest absolute Gasteiger partial charge is 0.0793 e. The Balaban J connectivity index is 1.54. The third-order valence-corrected chi connectivity index (χ3v) is 8.69. The average Bonchev–Trinajstić information content (AvgIpc) is 3.22. The molecular weight excluding hydrogens is 470 g/mol. The van der Waals surface area contributed by atoms with Gasteiger partial charge in [-0.05, 0) is 66.6 Å². The summed E-state index contributed by atoms with van der Waals surface area (Å²) in [4.78, 5) is 5.07. The van der Waals surface area contributed by atoms with Gasteiger partial charge in [-0.2, -0.15) is 0 Å². The van der Waals surface area contributed by atoms with Crippen LogP contribution in [-0.2, 0) is 5.41 Å². The van der Waals surface area contributed by atoms with Crippen LogP contribution in [0.25, 0.3) is 65.8 Å². The van der Waals surface area contributed by atoms with Crippen LogP contribution in [0.1, 0.15) is 25.0 Å². The summed E-state index contributed by atoms with van der Waals surface area (Å²) in [6.07, 6.45) is 1.94. The summed E-state index contributed by atoms with van der Waals surface area (Å²) in [6.45, 7) is 4.74. The molecule has 0 N–H and O–H groups in total. The number of benzene rings is 6. The van der Waals surface area contributed by atoms with Crippen LogP contribution in [0.3, 0.4) is 0 Å². The summed E-state index contributed by atoms with van der Waals surface area (Å²) in [6, 6.07) is 44.2. The summed E-state index contributed by atoms with van der Waals surface area (Å²) >= 11 is 0. The van der Waals surface area contributed by atoms with Crippen LogP contribution >= 0.6 is 0 Å². The quantitative estimate of drug-likeness (QED) is 0.217. The SMILES string of the molecule is CC1(C)c2ccccc2-c2cccc(-c3c4ccccc4c(-c4cccc5ccccc45)c4ncccc34)c21. The lowest BCUT2D eigenvalue weighted by Crippen LogP contribution is -2.16. The van der Waals surface area contributed by atoms with Crippen molar-refractivity contribution < 1.29 is 0 Å². The highest BCUT2D eigenvalue weighted by atomic mass is 14.7. The number of hydrogen-bond donors (Lipinski definition) is 0. The Morgan fingerprint density at radius 2 is 1.05 bits per heavy atom. The number of nitrogens with zero attached hydrogens (tertiary/aromatic N) is 1. The van der Waals surface area contributed by atoms with Gasteiger partial charge in [0.15, 0.2) is 0 Å². The van der Waals surface area contributed by atoms with Crippen LogP contribution in [0.4, 0.5) is 0 Å². The third kappa shape index (κ3) is 3.05. The maximum Gasteiger partial charge on any atom is 0.0793 e. The van der Waals surface area contributed by atoms with E-state index in [1.807, 2.05) is 6.20 Å². The fourth-order valence-electron chi connectivity index (χ4n) is 7.06. The maximum absolute atomic E-state index is 5.07. The Hall–Kier alpha value is -4.75. The van der Waals surface area contributed by atoms with E-state index in [9.17, 15) is 0 Å². The van der Waals surface area contributed by atoms with Crippen molar-refractivity contribution in [3.05, 3.63) is 139 Å². The van der Waals surface area contributed by atoms with Crippen LogP contribution in [0.5, 0.6) is 0 Å². The van der Waals surface area contributed by atoms with Gasteiger partial charge in [-0.1, -0.05) is 129 Å². The second kappa shape index (κ2) is 8.12. The van der Waals surface area contributed by atoms with Gasteiger partial charge in [-0.3, -0.25) is 4.98 Å². The first-order chi connectivity index (χ1) is 19.1. The first-order valence-electron chi connectivity index (χ1n) is 13.7. The molecule has 0 spiro atoms. The Labute approximate surface area is 228 Å². The monoisotopic (exact) mass is 497 g/mol. The molecule has 0 amide bonds. The maximum atomic E-state index is 5.07. The summed E-state index contributed by atoms with van der Waals surface area (Å²) in [5, 5.41) is 6.19. The van der Waals surface area contributed by atoms with Gasteiger partial charge in [0.2, 0.25) is 0 Å². The predicted molar refractivity (Wildman–Crippen MR) is 165 cm³/mol. The van der Waals surface area contributed by atoms with Gasteiger partial charge < -0.3 is 0 Å². The molecule has 1 aliphatic carbocycles. The molecule has 1 nitrogen and oxygen atoms in total. The van der Waals surface area contributed by atoms with E-state index in [0.29, 0.717) is 0 Å². The lowest BCUT2D eigenvalue weighted by Gasteiger charge is -2.26. The minimum absolute atomic E-state index is 0.105. The van der Waals surface area contributed by atoms with Crippen molar-refractivity contribution in [2.45, 2.75) is 19.3 Å². The van der Waals surface area contributed by atoms with Crippen LogP contribution in [0.15, 0.2) is 128 Å². The minimum Gasteiger partial charge on any atom is -0.256 e. The third-order valence-electron chi connectivity index (χ3n) is 8.69. The molecule has 0 radical (unpaired) electrons. The molecule has 0 bridgehead atoms. The van der Waals surface area contributed by atoms with Crippen molar-refractivity contribution in [3.63, 3.8) is 0 Å². The summed E-state index contributed by atoms with van der Waals surface area (Å²) in [7, 11) is 0. The van der Waals surface area contributed by atoms with Gasteiger partial charge in [0.25, 0.3) is 0 Å². The second-order valence-corrected chi connectivity index (χ2v) is 11.1. The molecule has 0 aliphatic heterocycles. The Bertz CT molecular complexity index is 2040. The second-order valence-electron chi connectivity index (χ2n) is 11.1. The van der Waals surface area contributed by atoms with Crippen LogP contribution < -0.4 is 0 Å². The first-order valence-corrected chi connectivity index (χ1v) is 13.7. The Morgan fingerprint density at radius 1 is 0.462 bits per heavy atom. The molecule has 0 saturated heterocycles. The summed E-state index contributed by atoms with van der Waals surface area (Å²) < 4.78 is 0. The zero-order valence-electron chi connectivity index (χ0n) is 22.1. The van der Waals surface area contributed by atoms with Gasteiger partial charge >= 0.3 is 0 Å². The highest BCUT2D eigenvalue weighted by Crippen LogP contribution is 2.54. The van der Waals surface area contributed by atoms with Crippen LogP contribution in [0, 0.1) is 0 Å². The first kappa shape index (κ1) is 22.3. The van der Waals surface area contributed by atoms with Crippen molar-refractivity contribution >= 4 is 32.4 Å². The van der Waals surface area contributed by atoms with E-state index < -0.39 is 0 Å². The molecule has 1 heterocycles. The summed E-state index contributed by atoms with van der Waals surface area (Å²) in [5.74, 6) is 0. The van der Waals surface area contributed by atoms with Gasteiger partial charge in [0, 0.05) is 22.6 Å². The fraction of sp³-hybridized carbons (Fsp3) is 0.0789. The van der Waals surface area contributed by atoms with E-state index in [1.165, 1.54) is 71.4 Å². The van der Waals surface area contributed by atoms with E-state index in [1.54, 1.807) is 0 Å². The minimum atomic E-state index is -0.105. The number of fused-ring (bicyclic) bond motifs is 6. The van der Waals surface area contributed by atoms with E-state index >= 15 is 0 Å². The van der Waals surface area contributed by atoms with Gasteiger partial charge in [0.05, 0.1) is 5.52 Å². The normalized spacial score (nSPS) is 13.6. The van der Waals surface area contributed by atoms with Crippen LogP contribution in [0.2, 0.25) is 0 Å². The number of aromatic nitrogens is 1. The van der Waals surface area contributed by atoms with E-state index in [-0.39, 0.29) is 5.41 Å². The van der Waals surface area contributed by atoms with Gasteiger partial charge in [0.1, 0.15) is 0 Å². The molecule has 1 aliphatic rings. The fourth-order valence-corrected chi connectivity index (χ4v) is 7.06. The molecule has 0 unspecified atom stereocenters. The van der Waals surface area contributed by atoms with E-state index in [2.05, 4.69) is 135 Å². The van der Waals surface area contributed by atoms with Gasteiger partial charge in [-0.25, -0.2) is 0 Å². The Morgan fingerprint density at radius 3 is 1.92 bits per heavy atom. The zero-order valence-corrected chi connectivity index (χ0v) is 22.1. The van der Waals surface area contributed by atoms with Crippen molar-refractivity contribution in [1.82, 2.24) is 4.98 Å². The zero-order chi connectivity index (χ0) is 26.1. The molecule has 8 rings (SSSR count). The molecular formula is C38H27N. The lowest BCUT2D eigenvalue weighted by atomic mass is 9.77. The molecule has 0 fully saturated rings.